The molecule has 1 aromatic rings. The first-order valence-corrected chi connectivity index (χ1v) is 4.34. The first-order chi connectivity index (χ1) is 5.74. The van der Waals surface area contributed by atoms with Crippen LogP contribution >= 0.6 is 0 Å². The van der Waals surface area contributed by atoms with Crippen molar-refractivity contribution in [2.75, 3.05) is 20.1 Å². The maximum atomic E-state index is 5.40. The molecule has 2 rings (SSSR count). The van der Waals surface area contributed by atoms with Gasteiger partial charge in [-0.3, -0.25) is 0 Å². The van der Waals surface area contributed by atoms with Crippen molar-refractivity contribution in [3.8, 4) is 0 Å². The summed E-state index contributed by atoms with van der Waals surface area (Å²) < 4.78 is 5.40. The summed E-state index contributed by atoms with van der Waals surface area (Å²) in [6.07, 6.45) is 2.79. The Morgan fingerprint density at radius 2 is 2.42 bits per heavy atom. The first-order valence-electron chi connectivity index (χ1n) is 4.34. The van der Waals surface area contributed by atoms with Crippen LogP contribution in [0.15, 0.2) is 10.6 Å². The molecule has 66 valence electrons. The van der Waals surface area contributed by atoms with E-state index in [1.165, 1.54) is 13.1 Å². The maximum Gasteiger partial charge on any atom is 0.194 e. The standard InChI is InChI=1S/C9H14N2O/c1-7-4-10-9(12-7)3-8-5-11(2)6-8/h4,8H,3,5-6H2,1-2H3. The third-order valence-electron chi connectivity index (χ3n) is 2.27. The molecule has 0 N–H and O–H groups in total. The van der Waals surface area contributed by atoms with Crippen molar-refractivity contribution in [2.45, 2.75) is 13.3 Å². The van der Waals surface area contributed by atoms with Crippen LogP contribution in [0.2, 0.25) is 0 Å². The Balaban J connectivity index is 1.88. The molecule has 0 spiro atoms. The van der Waals surface area contributed by atoms with Crippen molar-refractivity contribution in [1.82, 2.24) is 9.88 Å². The number of hydrogen-bond donors (Lipinski definition) is 0. The van der Waals surface area contributed by atoms with Gasteiger partial charge in [-0.1, -0.05) is 0 Å². The summed E-state index contributed by atoms with van der Waals surface area (Å²) in [5, 5.41) is 0. The first kappa shape index (κ1) is 7.80. The molecule has 0 radical (unpaired) electrons. The van der Waals surface area contributed by atoms with Gasteiger partial charge in [0, 0.05) is 19.5 Å². The zero-order valence-electron chi connectivity index (χ0n) is 7.58. The molecule has 1 saturated heterocycles. The van der Waals surface area contributed by atoms with E-state index in [2.05, 4.69) is 16.9 Å². The van der Waals surface area contributed by atoms with Crippen LogP contribution in [-0.2, 0) is 6.42 Å². The molecule has 1 aliphatic heterocycles. The second-order valence-corrected chi connectivity index (χ2v) is 3.66. The Bertz CT molecular complexity index is 263. The summed E-state index contributed by atoms with van der Waals surface area (Å²) in [5.41, 5.74) is 0. The van der Waals surface area contributed by atoms with Crippen LogP contribution in [0.4, 0.5) is 0 Å². The van der Waals surface area contributed by atoms with Crippen molar-refractivity contribution in [3.05, 3.63) is 17.8 Å². The van der Waals surface area contributed by atoms with Crippen LogP contribution in [-0.4, -0.2) is 30.0 Å². The van der Waals surface area contributed by atoms with Gasteiger partial charge in [-0.25, -0.2) is 4.98 Å². The van der Waals surface area contributed by atoms with Gasteiger partial charge in [0.1, 0.15) is 5.76 Å². The van der Waals surface area contributed by atoms with Crippen LogP contribution in [0.3, 0.4) is 0 Å². The fourth-order valence-electron chi connectivity index (χ4n) is 1.70. The van der Waals surface area contributed by atoms with Gasteiger partial charge in [0.05, 0.1) is 6.20 Å². The normalized spacial score (nSPS) is 19.5. The molecular weight excluding hydrogens is 152 g/mol. The molecule has 0 amide bonds. The largest absolute Gasteiger partial charge is 0.446 e. The average molecular weight is 166 g/mol. The van der Waals surface area contributed by atoms with Crippen molar-refractivity contribution in [1.29, 1.82) is 0 Å². The van der Waals surface area contributed by atoms with Crippen LogP contribution in [0.25, 0.3) is 0 Å². The average Bonchev–Trinajstić information content (AvgIpc) is 2.33. The molecule has 3 heteroatoms. The minimum Gasteiger partial charge on any atom is -0.446 e. The van der Waals surface area contributed by atoms with Gasteiger partial charge >= 0.3 is 0 Å². The quantitative estimate of drug-likeness (QED) is 0.658. The van der Waals surface area contributed by atoms with Gasteiger partial charge in [0.15, 0.2) is 5.89 Å². The summed E-state index contributed by atoms with van der Waals surface area (Å²) >= 11 is 0. The van der Waals surface area contributed by atoms with E-state index in [0.29, 0.717) is 0 Å². The summed E-state index contributed by atoms with van der Waals surface area (Å²) in [7, 11) is 2.14. The molecule has 0 atom stereocenters. The molecule has 3 nitrogen and oxygen atoms in total. The van der Waals surface area contributed by atoms with Gasteiger partial charge in [0.2, 0.25) is 0 Å². The number of nitrogens with zero attached hydrogens (tertiary/aromatic N) is 2. The van der Waals surface area contributed by atoms with Gasteiger partial charge in [-0.2, -0.15) is 0 Å². The number of aryl methyl sites for hydroxylation is 1. The smallest absolute Gasteiger partial charge is 0.194 e. The summed E-state index contributed by atoms with van der Waals surface area (Å²) in [4.78, 5) is 6.48. The highest BCUT2D eigenvalue weighted by molar-refractivity contribution is 4.94. The van der Waals surface area contributed by atoms with Crippen molar-refractivity contribution < 1.29 is 4.42 Å². The molecule has 0 aromatic carbocycles. The van der Waals surface area contributed by atoms with E-state index in [4.69, 9.17) is 4.42 Å². The van der Waals surface area contributed by atoms with Crippen LogP contribution in [0.1, 0.15) is 11.7 Å². The second kappa shape index (κ2) is 2.90. The highest BCUT2D eigenvalue weighted by Crippen LogP contribution is 2.17. The summed E-state index contributed by atoms with van der Waals surface area (Å²) in [5.74, 6) is 2.57. The highest BCUT2D eigenvalue weighted by atomic mass is 16.4. The molecular formula is C9H14N2O. The number of aromatic nitrogens is 1. The topological polar surface area (TPSA) is 29.3 Å². The Kier molecular flexibility index (Phi) is 1.89. The number of hydrogen-bond acceptors (Lipinski definition) is 3. The van der Waals surface area contributed by atoms with E-state index >= 15 is 0 Å². The fraction of sp³-hybridized carbons (Fsp3) is 0.667. The zero-order chi connectivity index (χ0) is 8.55. The van der Waals surface area contributed by atoms with E-state index in [0.717, 1.165) is 24.0 Å². The predicted molar refractivity (Wildman–Crippen MR) is 45.9 cm³/mol. The number of oxazole rings is 1. The maximum absolute atomic E-state index is 5.40. The van der Waals surface area contributed by atoms with E-state index in [-0.39, 0.29) is 0 Å². The van der Waals surface area contributed by atoms with E-state index < -0.39 is 0 Å². The number of rotatable bonds is 2. The molecule has 0 unspecified atom stereocenters. The minimum absolute atomic E-state index is 0.757. The number of likely N-dealkylation sites (tertiary alicyclic amines) is 1. The van der Waals surface area contributed by atoms with Gasteiger partial charge in [0.25, 0.3) is 0 Å². The predicted octanol–water partition coefficient (Wildman–Crippen LogP) is 1.09. The molecule has 0 bridgehead atoms. The summed E-state index contributed by atoms with van der Waals surface area (Å²) in [6, 6.07) is 0. The van der Waals surface area contributed by atoms with Gasteiger partial charge in [-0.15, -0.1) is 0 Å². The van der Waals surface area contributed by atoms with Crippen LogP contribution in [0, 0.1) is 12.8 Å². The third kappa shape index (κ3) is 1.50. The van der Waals surface area contributed by atoms with Crippen LogP contribution < -0.4 is 0 Å². The lowest BCUT2D eigenvalue weighted by atomic mass is 9.97. The SMILES string of the molecule is Cc1cnc(CC2CN(C)C2)o1. The summed E-state index contributed by atoms with van der Waals surface area (Å²) in [6.45, 7) is 4.30. The molecule has 1 fully saturated rings. The van der Waals surface area contributed by atoms with Gasteiger partial charge < -0.3 is 9.32 Å². The monoisotopic (exact) mass is 166 g/mol. The molecule has 12 heavy (non-hydrogen) atoms. The second-order valence-electron chi connectivity index (χ2n) is 3.66. The molecule has 1 aliphatic rings. The molecule has 0 saturated carbocycles. The lowest BCUT2D eigenvalue weighted by Crippen LogP contribution is -2.44. The van der Waals surface area contributed by atoms with Crippen molar-refractivity contribution in [3.63, 3.8) is 0 Å². The Labute approximate surface area is 72.4 Å². The van der Waals surface area contributed by atoms with Crippen molar-refractivity contribution in [2.24, 2.45) is 5.92 Å². The van der Waals surface area contributed by atoms with Crippen LogP contribution in [0.5, 0.6) is 0 Å². The molecule has 1 aromatic heterocycles. The minimum atomic E-state index is 0.757. The highest BCUT2D eigenvalue weighted by Gasteiger charge is 2.24. The third-order valence-corrected chi connectivity index (χ3v) is 2.27. The van der Waals surface area contributed by atoms with Gasteiger partial charge in [-0.05, 0) is 19.9 Å². The van der Waals surface area contributed by atoms with E-state index in [9.17, 15) is 0 Å². The van der Waals surface area contributed by atoms with E-state index in [1.807, 2.05) is 6.92 Å². The lowest BCUT2D eigenvalue weighted by molar-refractivity contribution is 0.128. The zero-order valence-corrected chi connectivity index (χ0v) is 7.58. The Hall–Kier alpha value is -0.830. The van der Waals surface area contributed by atoms with E-state index in [1.54, 1.807) is 6.20 Å². The molecule has 2 heterocycles. The lowest BCUT2D eigenvalue weighted by Gasteiger charge is -2.35. The Morgan fingerprint density at radius 1 is 1.67 bits per heavy atom. The molecule has 0 aliphatic carbocycles. The Morgan fingerprint density at radius 3 is 2.92 bits per heavy atom. The van der Waals surface area contributed by atoms with Crippen molar-refractivity contribution >= 4 is 0 Å². The fourth-order valence-corrected chi connectivity index (χ4v) is 1.70.